The summed E-state index contributed by atoms with van der Waals surface area (Å²) in [6.45, 7) is 3.56. The second kappa shape index (κ2) is 8.63. The van der Waals surface area contributed by atoms with Crippen molar-refractivity contribution in [3.05, 3.63) is 29.3 Å². The van der Waals surface area contributed by atoms with Gasteiger partial charge in [-0.15, -0.1) is 0 Å². The van der Waals surface area contributed by atoms with Crippen LogP contribution < -0.4 is 10.6 Å². The number of benzene rings is 1. The molecule has 2 aliphatic rings. The van der Waals surface area contributed by atoms with Crippen molar-refractivity contribution < 1.29 is 23.9 Å². The van der Waals surface area contributed by atoms with Crippen LogP contribution in [0.25, 0.3) is 0 Å². The fourth-order valence-electron chi connectivity index (χ4n) is 3.98. The van der Waals surface area contributed by atoms with E-state index in [1.165, 1.54) is 4.90 Å². The van der Waals surface area contributed by atoms with Gasteiger partial charge in [-0.25, -0.2) is 4.79 Å². The molecule has 1 saturated heterocycles. The summed E-state index contributed by atoms with van der Waals surface area (Å²) in [6, 6.07) is 5.29. The van der Waals surface area contributed by atoms with Crippen molar-refractivity contribution in [3.63, 3.8) is 0 Å². The molecule has 0 atom stereocenters. The zero-order valence-corrected chi connectivity index (χ0v) is 16.9. The lowest BCUT2D eigenvalue weighted by molar-refractivity contribution is -0.147. The summed E-state index contributed by atoms with van der Waals surface area (Å²) in [5.74, 6) is -1.14. The zero-order valence-electron chi connectivity index (χ0n) is 16.9. The van der Waals surface area contributed by atoms with Crippen molar-refractivity contribution in [3.8, 4) is 0 Å². The fraction of sp³-hybridized carbons (Fsp3) is 0.524. The van der Waals surface area contributed by atoms with Crippen molar-refractivity contribution in [2.24, 2.45) is 0 Å². The largest absolute Gasteiger partial charge is 0.456 e. The lowest BCUT2D eigenvalue weighted by Gasteiger charge is -2.19. The van der Waals surface area contributed by atoms with Gasteiger partial charge >= 0.3 is 12.0 Å². The fourth-order valence-corrected chi connectivity index (χ4v) is 3.98. The SMILES string of the molecule is Cc1cccc(C)c1NC(=O)COC(=O)CCCN1C(=O)NC2(CCCC2)C1=O. The topological polar surface area (TPSA) is 105 Å². The van der Waals surface area contributed by atoms with Crippen LogP contribution in [-0.4, -0.2) is 47.4 Å². The number of esters is 1. The van der Waals surface area contributed by atoms with Crippen molar-refractivity contribution in [2.45, 2.75) is 57.9 Å². The minimum absolute atomic E-state index is 0.0285. The maximum atomic E-state index is 12.5. The van der Waals surface area contributed by atoms with Gasteiger partial charge in [0, 0.05) is 18.7 Å². The maximum Gasteiger partial charge on any atom is 0.325 e. The van der Waals surface area contributed by atoms with Crippen LogP contribution in [-0.2, 0) is 19.1 Å². The smallest absolute Gasteiger partial charge is 0.325 e. The minimum Gasteiger partial charge on any atom is -0.456 e. The molecule has 1 aromatic carbocycles. The van der Waals surface area contributed by atoms with Crippen molar-refractivity contribution in [1.82, 2.24) is 10.2 Å². The Bertz CT molecular complexity index is 809. The highest BCUT2D eigenvalue weighted by atomic mass is 16.5. The van der Waals surface area contributed by atoms with Crippen LogP contribution in [0.2, 0.25) is 0 Å². The van der Waals surface area contributed by atoms with Gasteiger partial charge in [-0.3, -0.25) is 19.3 Å². The Morgan fingerprint density at radius 2 is 1.83 bits per heavy atom. The first-order chi connectivity index (χ1) is 13.8. The van der Waals surface area contributed by atoms with E-state index >= 15 is 0 Å². The number of aryl methyl sites for hydroxylation is 2. The summed E-state index contributed by atoms with van der Waals surface area (Å²) < 4.78 is 5.01. The molecule has 156 valence electrons. The van der Waals surface area contributed by atoms with Crippen molar-refractivity contribution in [2.75, 3.05) is 18.5 Å². The molecule has 1 aliphatic heterocycles. The molecule has 2 fully saturated rings. The third kappa shape index (κ3) is 4.58. The molecule has 4 amide bonds. The number of nitrogens with zero attached hydrogens (tertiary/aromatic N) is 1. The molecule has 1 spiro atoms. The number of urea groups is 1. The van der Waals surface area contributed by atoms with Gasteiger partial charge in [-0.2, -0.15) is 0 Å². The number of amides is 4. The first-order valence-corrected chi connectivity index (χ1v) is 9.98. The van der Waals surface area contributed by atoms with Gasteiger partial charge in [0.15, 0.2) is 6.61 Å². The molecule has 0 aromatic heterocycles. The summed E-state index contributed by atoms with van der Waals surface area (Å²) in [5, 5.41) is 5.56. The van der Waals surface area contributed by atoms with E-state index in [1.807, 2.05) is 32.0 Å². The number of carbonyl (C=O) groups excluding carboxylic acids is 4. The Kier molecular flexibility index (Phi) is 6.20. The van der Waals surface area contributed by atoms with Gasteiger partial charge in [0.25, 0.3) is 11.8 Å². The molecular weight excluding hydrogens is 374 g/mol. The standard InChI is InChI=1S/C21H27N3O5/c1-14-7-5-8-15(2)18(14)22-16(25)13-29-17(26)9-6-12-24-19(27)21(23-20(24)28)10-3-4-11-21/h5,7-8H,3-4,6,9-13H2,1-2H3,(H,22,25)(H,23,28). The van der Waals surface area contributed by atoms with Crippen molar-refractivity contribution in [1.29, 1.82) is 0 Å². The summed E-state index contributed by atoms with van der Waals surface area (Å²) in [6.07, 6.45) is 3.52. The third-order valence-electron chi connectivity index (χ3n) is 5.58. The van der Waals surface area contributed by atoms with Crippen LogP contribution in [0.3, 0.4) is 0 Å². The van der Waals surface area contributed by atoms with E-state index in [0.717, 1.165) is 24.0 Å². The van der Waals surface area contributed by atoms with Gasteiger partial charge in [0.2, 0.25) is 0 Å². The summed E-state index contributed by atoms with van der Waals surface area (Å²) in [7, 11) is 0. The lowest BCUT2D eigenvalue weighted by atomic mass is 9.98. The average Bonchev–Trinajstić information content (AvgIpc) is 3.23. The average molecular weight is 401 g/mol. The van der Waals surface area contributed by atoms with E-state index in [9.17, 15) is 19.2 Å². The molecule has 0 bridgehead atoms. The number of imide groups is 1. The van der Waals surface area contributed by atoms with E-state index in [0.29, 0.717) is 24.9 Å². The number of carbonyl (C=O) groups is 4. The van der Waals surface area contributed by atoms with Gasteiger partial charge in [-0.05, 0) is 44.2 Å². The third-order valence-corrected chi connectivity index (χ3v) is 5.58. The molecule has 1 saturated carbocycles. The quantitative estimate of drug-likeness (QED) is 0.539. The Hall–Kier alpha value is -2.90. The molecule has 1 aliphatic carbocycles. The molecule has 2 N–H and O–H groups in total. The highest BCUT2D eigenvalue weighted by Gasteiger charge is 2.52. The molecule has 1 aromatic rings. The molecule has 8 heteroatoms. The van der Waals surface area contributed by atoms with E-state index < -0.39 is 23.4 Å². The molecular formula is C21H27N3O5. The number of hydrogen-bond acceptors (Lipinski definition) is 5. The number of nitrogens with one attached hydrogen (secondary N) is 2. The van der Waals surface area contributed by atoms with Crippen LogP contribution in [0.4, 0.5) is 10.5 Å². The van der Waals surface area contributed by atoms with Gasteiger partial charge in [0.05, 0.1) is 0 Å². The second-order valence-corrected chi connectivity index (χ2v) is 7.76. The summed E-state index contributed by atoms with van der Waals surface area (Å²) >= 11 is 0. The Balaban J connectivity index is 1.40. The zero-order chi connectivity index (χ0) is 21.0. The normalized spacial score (nSPS) is 17.5. The summed E-state index contributed by atoms with van der Waals surface area (Å²) in [4.78, 5) is 49.8. The number of rotatable bonds is 7. The van der Waals surface area contributed by atoms with Gasteiger partial charge in [0.1, 0.15) is 5.54 Å². The highest BCUT2D eigenvalue weighted by Crippen LogP contribution is 2.35. The monoisotopic (exact) mass is 401 g/mol. The molecule has 0 unspecified atom stereocenters. The Morgan fingerprint density at radius 1 is 1.17 bits per heavy atom. The predicted octanol–water partition coefficient (Wildman–Crippen LogP) is 2.43. The number of para-hydroxylation sites is 1. The van der Waals surface area contributed by atoms with E-state index in [4.69, 9.17) is 4.74 Å². The van der Waals surface area contributed by atoms with Gasteiger partial charge in [-0.1, -0.05) is 31.0 Å². The lowest BCUT2D eigenvalue weighted by Crippen LogP contribution is -2.44. The number of ether oxygens (including phenoxy) is 1. The second-order valence-electron chi connectivity index (χ2n) is 7.76. The molecule has 8 nitrogen and oxygen atoms in total. The summed E-state index contributed by atoms with van der Waals surface area (Å²) in [5.41, 5.74) is 1.84. The minimum atomic E-state index is -0.733. The van der Waals surface area contributed by atoms with Gasteiger partial charge < -0.3 is 15.4 Å². The van der Waals surface area contributed by atoms with Crippen LogP contribution in [0.1, 0.15) is 49.7 Å². The first kappa shape index (κ1) is 20.8. The van der Waals surface area contributed by atoms with Crippen LogP contribution >= 0.6 is 0 Å². The Morgan fingerprint density at radius 3 is 2.48 bits per heavy atom. The van der Waals surface area contributed by atoms with E-state index in [1.54, 1.807) is 0 Å². The maximum absolute atomic E-state index is 12.5. The molecule has 0 radical (unpaired) electrons. The molecule has 3 rings (SSSR count). The van der Waals surface area contributed by atoms with Crippen molar-refractivity contribution >= 4 is 29.5 Å². The van der Waals surface area contributed by atoms with E-state index in [2.05, 4.69) is 10.6 Å². The van der Waals surface area contributed by atoms with E-state index in [-0.39, 0.29) is 25.5 Å². The molecule has 29 heavy (non-hydrogen) atoms. The highest BCUT2D eigenvalue weighted by molar-refractivity contribution is 6.07. The number of hydrogen-bond donors (Lipinski definition) is 2. The predicted molar refractivity (Wildman–Crippen MR) is 106 cm³/mol. The van der Waals surface area contributed by atoms with Crippen LogP contribution in [0.5, 0.6) is 0 Å². The Labute approximate surface area is 170 Å². The first-order valence-electron chi connectivity index (χ1n) is 9.98. The molecule has 1 heterocycles. The van der Waals surface area contributed by atoms with Crippen LogP contribution in [0, 0.1) is 13.8 Å². The number of anilines is 1. The van der Waals surface area contributed by atoms with Crippen LogP contribution in [0.15, 0.2) is 18.2 Å².